The van der Waals surface area contributed by atoms with Crippen LogP contribution in [0.25, 0.3) is 0 Å². The third kappa shape index (κ3) is 2.61. The average molecular weight is 251 g/mol. The van der Waals surface area contributed by atoms with Crippen LogP contribution in [-0.2, 0) is 5.75 Å². The van der Waals surface area contributed by atoms with Crippen molar-refractivity contribution in [2.75, 3.05) is 19.4 Å². The molecule has 1 N–H and O–H groups in total. The quantitative estimate of drug-likeness (QED) is 0.891. The average Bonchev–Trinajstić information content (AvgIpc) is 2.48. The topological polar surface area (TPSA) is 21.3 Å². The first-order valence-electron chi connectivity index (χ1n) is 6.27. The lowest BCUT2D eigenvalue weighted by atomic mass is 9.92. The number of nitrogens with one attached hydrogen (secondary N) is 1. The lowest BCUT2D eigenvalue weighted by molar-refractivity contribution is 0.336. The van der Waals surface area contributed by atoms with E-state index < -0.39 is 0 Å². The second-order valence-electron chi connectivity index (χ2n) is 4.52. The summed E-state index contributed by atoms with van der Waals surface area (Å²) in [6.07, 6.45) is 0. The summed E-state index contributed by atoms with van der Waals surface area (Å²) in [7, 11) is 2.05. The molecule has 0 amide bonds. The molecular weight excluding hydrogens is 230 g/mol. The standard InChI is InChI=1S/C14H21NOS/c1-4-16-13-7-5-6-11-12(13)9-17-8-10(2)14(11)15-3/h5-7,10,14-15H,4,8-9H2,1-3H3. The molecule has 0 spiro atoms. The Morgan fingerprint density at radius 1 is 1.47 bits per heavy atom. The molecule has 1 aromatic carbocycles. The molecule has 1 aliphatic rings. The smallest absolute Gasteiger partial charge is 0.123 e. The predicted molar refractivity (Wildman–Crippen MR) is 74.7 cm³/mol. The van der Waals surface area contributed by atoms with E-state index in [-0.39, 0.29) is 0 Å². The molecule has 1 heterocycles. The van der Waals surface area contributed by atoms with Crippen molar-refractivity contribution >= 4 is 11.8 Å². The summed E-state index contributed by atoms with van der Waals surface area (Å²) in [5.74, 6) is 3.98. The minimum absolute atomic E-state index is 0.445. The molecule has 0 aromatic heterocycles. The van der Waals surface area contributed by atoms with E-state index in [1.807, 2.05) is 25.7 Å². The summed E-state index contributed by atoms with van der Waals surface area (Å²) in [5.41, 5.74) is 2.79. The normalized spacial score (nSPS) is 23.9. The maximum atomic E-state index is 5.75. The second kappa shape index (κ2) is 5.78. The molecule has 17 heavy (non-hydrogen) atoms. The van der Waals surface area contributed by atoms with Crippen LogP contribution in [-0.4, -0.2) is 19.4 Å². The molecule has 2 unspecified atom stereocenters. The Labute approximate surface area is 108 Å². The molecule has 3 heteroatoms. The minimum Gasteiger partial charge on any atom is -0.494 e. The van der Waals surface area contributed by atoms with Crippen LogP contribution < -0.4 is 10.1 Å². The van der Waals surface area contributed by atoms with Gasteiger partial charge in [-0.25, -0.2) is 0 Å². The van der Waals surface area contributed by atoms with Crippen molar-refractivity contribution in [3.8, 4) is 5.75 Å². The zero-order chi connectivity index (χ0) is 12.3. The third-order valence-corrected chi connectivity index (χ3v) is 4.57. The molecular formula is C14H21NOS. The van der Waals surface area contributed by atoms with E-state index in [0.717, 1.165) is 18.1 Å². The number of hydrogen-bond donors (Lipinski definition) is 1. The van der Waals surface area contributed by atoms with E-state index in [9.17, 15) is 0 Å². The van der Waals surface area contributed by atoms with Crippen LogP contribution >= 0.6 is 11.8 Å². The highest BCUT2D eigenvalue weighted by Gasteiger charge is 2.25. The monoisotopic (exact) mass is 251 g/mol. The Morgan fingerprint density at radius 3 is 3.00 bits per heavy atom. The number of ether oxygens (including phenoxy) is 1. The number of thioether (sulfide) groups is 1. The van der Waals surface area contributed by atoms with Gasteiger partial charge in [0.15, 0.2) is 0 Å². The van der Waals surface area contributed by atoms with E-state index in [2.05, 4.69) is 30.4 Å². The second-order valence-corrected chi connectivity index (χ2v) is 5.55. The summed E-state index contributed by atoms with van der Waals surface area (Å²) in [6.45, 7) is 5.10. The Balaban J connectivity index is 2.42. The highest BCUT2D eigenvalue weighted by molar-refractivity contribution is 7.98. The molecule has 0 aliphatic carbocycles. The van der Waals surface area contributed by atoms with E-state index in [1.165, 1.54) is 16.9 Å². The van der Waals surface area contributed by atoms with Gasteiger partial charge in [0.25, 0.3) is 0 Å². The van der Waals surface area contributed by atoms with E-state index in [1.54, 1.807) is 0 Å². The van der Waals surface area contributed by atoms with Crippen LogP contribution in [0, 0.1) is 5.92 Å². The lowest BCUT2D eigenvalue weighted by Gasteiger charge is -2.23. The van der Waals surface area contributed by atoms with Crippen molar-refractivity contribution in [3.63, 3.8) is 0 Å². The number of hydrogen-bond acceptors (Lipinski definition) is 3. The third-order valence-electron chi connectivity index (χ3n) is 3.31. The largest absolute Gasteiger partial charge is 0.494 e. The summed E-state index contributed by atoms with van der Waals surface area (Å²) in [5, 5.41) is 3.45. The molecule has 2 atom stereocenters. The fourth-order valence-electron chi connectivity index (χ4n) is 2.51. The Bertz CT molecular complexity index is 380. The Kier molecular flexibility index (Phi) is 4.35. The van der Waals surface area contributed by atoms with Gasteiger partial charge in [-0.15, -0.1) is 0 Å². The van der Waals surface area contributed by atoms with Gasteiger partial charge in [-0.05, 0) is 37.3 Å². The van der Waals surface area contributed by atoms with Crippen LogP contribution in [0.3, 0.4) is 0 Å². The maximum Gasteiger partial charge on any atom is 0.123 e. The molecule has 94 valence electrons. The number of benzene rings is 1. The Morgan fingerprint density at radius 2 is 2.29 bits per heavy atom. The number of fused-ring (bicyclic) bond motifs is 1. The lowest BCUT2D eigenvalue weighted by Crippen LogP contribution is -2.24. The van der Waals surface area contributed by atoms with Crippen LogP contribution in [0.5, 0.6) is 5.75 Å². The molecule has 2 nitrogen and oxygen atoms in total. The van der Waals surface area contributed by atoms with Gasteiger partial charge in [-0.3, -0.25) is 0 Å². The zero-order valence-corrected chi connectivity index (χ0v) is 11.6. The first-order chi connectivity index (χ1) is 8.27. The van der Waals surface area contributed by atoms with E-state index >= 15 is 0 Å². The van der Waals surface area contributed by atoms with Gasteiger partial charge < -0.3 is 10.1 Å². The van der Waals surface area contributed by atoms with Gasteiger partial charge in [0.1, 0.15) is 5.75 Å². The van der Waals surface area contributed by atoms with Crippen molar-refractivity contribution in [2.45, 2.75) is 25.6 Å². The van der Waals surface area contributed by atoms with Gasteiger partial charge in [0.2, 0.25) is 0 Å². The van der Waals surface area contributed by atoms with Crippen LogP contribution in [0.15, 0.2) is 18.2 Å². The highest BCUT2D eigenvalue weighted by atomic mass is 32.2. The minimum atomic E-state index is 0.445. The highest BCUT2D eigenvalue weighted by Crippen LogP contribution is 2.38. The number of rotatable bonds is 3. The summed E-state index contributed by atoms with van der Waals surface area (Å²) >= 11 is 2.01. The molecule has 0 saturated heterocycles. The zero-order valence-electron chi connectivity index (χ0n) is 10.8. The fraction of sp³-hybridized carbons (Fsp3) is 0.571. The summed E-state index contributed by atoms with van der Waals surface area (Å²) < 4.78 is 5.75. The van der Waals surface area contributed by atoms with Gasteiger partial charge >= 0.3 is 0 Å². The first kappa shape index (κ1) is 12.8. The van der Waals surface area contributed by atoms with Crippen molar-refractivity contribution in [2.24, 2.45) is 5.92 Å². The summed E-state index contributed by atoms with van der Waals surface area (Å²) in [6, 6.07) is 6.88. The van der Waals surface area contributed by atoms with Crippen molar-refractivity contribution in [1.29, 1.82) is 0 Å². The summed E-state index contributed by atoms with van der Waals surface area (Å²) in [4.78, 5) is 0. The fourth-order valence-corrected chi connectivity index (χ4v) is 3.70. The van der Waals surface area contributed by atoms with Crippen LogP contribution in [0.2, 0.25) is 0 Å². The van der Waals surface area contributed by atoms with Crippen molar-refractivity contribution in [1.82, 2.24) is 5.32 Å². The maximum absolute atomic E-state index is 5.75. The van der Waals surface area contributed by atoms with Gasteiger partial charge in [-0.2, -0.15) is 11.8 Å². The molecule has 0 fully saturated rings. The predicted octanol–water partition coefficient (Wildman–Crippen LogP) is 3.23. The van der Waals surface area contributed by atoms with Crippen molar-refractivity contribution < 1.29 is 4.74 Å². The van der Waals surface area contributed by atoms with Gasteiger partial charge in [0, 0.05) is 17.4 Å². The van der Waals surface area contributed by atoms with Crippen molar-refractivity contribution in [3.05, 3.63) is 29.3 Å². The van der Waals surface area contributed by atoms with E-state index in [0.29, 0.717) is 12.0 Å². The molecule has 1 aliphatic heterocycles. The molecule has 0 radical (unpaired) electrons. The SMILES string of the molecule is CCOc1cccc2c1CSCC(C)C2NC. The van der Waals surface area contributed by atoms with E-state index in [4.69, 9.17) is 4.74 Å². The van der Waals surface area contributed by atoms with Gasteiger partial charge in [-0.1, -0.05) is 19.1 Å². The first-order valence-corrected chi connectivity index (χ1v) is 7.43. The molecule has 0 bridgehead atoms. The molecule has 0 saturated carbocycles. The molecule has 1 aromatic rings. The molecule has 2 rings (SSSR count). The Hall–Kier alpha value is -0.670. The van der Waals surface area contributed by atoms with Crippen LogP contribution in [0.1, 0.15) is 31.0 Å². The van der Waals surface area contributed by atoms with Gasteiger partial charge in [0.05, 0.1) is 6.61 Å². The van der Waals surface area contributed by atoms with Crippen LogP contribution in [0.4, 0.5) is 0 Å².